The zero-order valence-electron chi connectivity index (χ0n) is 11.2. The van der Waals surface area contributed by atoms with Crippen LogP contribution in [-0.4, -0.2) is 39.7 Å². The van der Waals surface area contributed by atoms with Crippen LogP contribution in [0.2, 0.25) is 0 Å². The molecular weight excluding hydrogens is 242 g/mol. The van der Waals surface area contributed by atoms with Crippen LogP contribution in [0.4, 0.5) is 0 Å². The molecule has 0 bridgehead atoms. The van der Waals surface area contributed by atoms with Crippen LogP contribution in [0.25, 0.3) is 5.82 Å². The summed E-state index contributed by atoms with van der Waals surface area (Å²) in [5.41, 5.74) is 7.12. The van der Waals surface area contributed by atoms with E-state index in [1.54, 1.807) is 37.2 Å². The molecule has 0 aliphatic carbocycles. The molecule has 1 amide bonds. The number of nitrogens with zero attached hydrogens (tertiary/aromatic N) is 4. The Bertz CT molecular complexity index is 571. The van der Waals surface area contributed by atoms with Gasteiger partial charge in [-0.25, -0.2) is 9.67 Å². The quantitative estimate of drug-likeness (QED) is 0.891. The Balaban J connectivity index is 2.25. The zero-order chi connectivity index (χ0) is 14.0. The molecule has 0 fully saturated rings. The van der Waals surface area contributed by atoms with Crippen molar-refractivity contribution in [2.45, 2.75) is 13.0 Å². The van der Waals surface area contributed by atoms with Crippen LogP contribution in [0.3, 0.4) is 0 Å². The standard InChI is InChI=1S/C13H17N5O/c1-9(14)10-4-5-12(15-8-10)18-7-6-11(16-18)13(19)17(2)3/h4-9H,14H2,1-3H3. The van der Waals surface area contributed by atoms with Crippen molar-refractivity contribution in [3.05, 3.63) is 41.9 Å². The summed E-state index contributed by atoms with van der Waals surface area (Å²) in [5.74, 6) is 0.521. The van der Waals surface area contributed by atoms with Gasteiger partial charge in [0.1, 0.15) is 0 Å². The van der Waals surface area contributed by atoms with E-state index in [9.17, 15) is 4.79 Å². The Morgan fingerprint density at radius 3 is 2.63 bits per heavy atom. The molecule has 6 nitrogen and oxygen atoms in total. The Kier molecular flexibility index (Phi) is 3.62. The second-order valence-electron chi connectivity index (χ2n) is 4.58. The number of carbonyl (C=O) groups excluding carboxylic acids is 1. The van der Waals surface area contributed by atoms with Crippen LogP contribution >= 0.6 is 0 Å². The van der Waals surface area contributed by atoms with E-state index in [1.807, 2.05) is 19.1 Å². The average Bonchev–Trinajstić information content (AvgIpc) is 2.87. The van der Waals surface area contributed by atoms with E-state index in [2.05, 4.69) is 10.1 Å². The third-order valence-corrected chi connectivity index (χ3v) is 2.75. The van der Waals surface area contributed by atoms with Crippen molar-refractivity contribution in [1.29, 1.82) is 0 Å². The van der Waals surface area contributed by atoms with Crippen molar-refractivity contribution < 1.29 is 4.79 Å². The summed E-state index contributed by atoms with van der Waals surface area (Å²) in [6.45, 7) is 1.90. The number of amides is 1. The normalized spacial score (nSPS) is 12.2. The van der Waals surface area contributed by atoms with Gasteiger partial charge in [0.05, 0.1) is 0 Å². The molecule has 0 aliphatic rings. The Morgan fingerprint density at radius 1 is 1.37 bits per heavy atom. The molecule has 2 N–H and O–H groups in total. The molecule has 2 aromatic heterocycles. The second kappa shape index (κ2) is 5.19. The third-order valence-electron chi connectivity index (χ3n) is 2.75. The number of nitrogens with two attached hydrogens (primary N) is 1. The summed E-state index contributed by atoms with van der Waals surface area (Å²) in [6, 6.07) is 5.35. The molecule has 2 aromatic rings. The van der Waals surface area contributed by atoms with Crippen molar-refractivity contribution in [3.63, 3.8) is 0 Å². The highest BCUT2D eigenvalue weighted by Gasteiger charge is 2.12. The topological polar surface area (TPSA) is 77.0 Å². The number of hydrogen-bond donors (Lipinski definition) is 1. The number of rotatable bonds is 3. The van der Waals surface area contributed by atoms with Crippen LogP contribution in [-0.2, 0) is 0 Å². The van der Waals surface area contributed by atoms with Gasteiger partial charge >= 0.3 is 0 Å². The lowest BCUT2D eigenvalue weighted by atomic mass is 10.2. The molecule has 19 heavy (non-hydrogen) atoms. The van der Waals surface area contributed by atoms with Gasteiger partial charge in [-0.2, -0.15) is 5.10 Å². The number of aromatic nitrogens is 3. The van der Waals surface area contributed by atoms with E-state index < -0.39 is 0 Å². The molecule has 0 spiro atoms. The lowest BCUT2D eigenvalue weighted by molar-refractivity contribution is 0.0821. The van der Waals surface area contributed by atoms with Crippen molar-refractivity contribution >= 4 is 5.91 Å². The molecular formula is C13H17N5O. The summed E-state index contributed by atoms with van der Waals surface area (Å²) in [7, 11) is 3.38. The van der Waals surface area contributed by atoms with Crippen molar-refractivity contribution in [2.24, 2.45) is 5.73 Å². The molecule has 0 saturated heterocycles. The maximum absolute atomic E-state index is 11.7. The van der Waals surface area contributed by atoms with Gasteiger partial charge in [-0.05, 0) is 24.6 Å². The minimum Gasteiger partial charge on any atom is -0.343 e. The number of hydrogen-bond acceptors (Lipinski definition) is 4. The van der Waals surface area contributed by atoms with Gasteiger partial charge in [-0.1, -0.05) is 6.07 Å². The summed E-state index contributed by atoms with van der Waals surface area (Å²) in [5, 5.41) is 4.21. The fraction of sp³-hybridized carbons (Fsp3) is 0.308. The fourth-order valence-corrected chi connectivity index (χ4v) is 1.60. The lowest BCUT2D eigenvalue weighted by Gasteiger charge is -2.07. The SMILES string of the molecule is CC(N)c1ccc(-n2ccc(C(=O)N(C)C)n2)nc1. The van der Waals surface area contributed by atoms with E-state index in [-0.39, 0.29) is 11.9 Å². The number of pyridine rings is 1. The van der Waals surface area contributed by atoms with Crippen molar-refractivity contribution in [2.75, 3.05) is 14.1 Å². The van der Waals surface area contributed by atoms with Crippen LogP contribution in [0.5, 0.6) is 0 Å². The molecule has 2 heterocycles. The fourth-order valence-electron chi connectivity index (χ4n) is 1.60. The largest absolute Gasteiger partial charge is 0.343 e. The highest BCUT2D eigenvalue weighted by Crippen LogP contribution is 2.11. The minimum absolute atomic E-state index is 0.0509. The van der Waals surface area contributed by atoms with Gasteiger partial charge < -0.3 is 10.6 Å². The molecule has 1 atom stereocenters. The van der Waals surface area contributed by atoms with Gasteiger partial charge in [-0.3, -0.25) is 4.79 Å². The van der Waals surface area contributed by atoms with Crippen molar-refractivity contribution in [1.82, 2.24) is 19.7 Å². The van der Waals surface area contributed by atoms with Gasteiger partial charge in [0, 0.05) is 32.5 Å². The van der Waals surface area contributed by atoms with Crippen LogP contribution in [0.1, 0.15) is 29.0 Å². The third kappa shape index (κ3) is 2.79. The second-order valence-corrected chi connectivity index (χ2v) is 4.58. The molecule has 0 aliphatic heterocycles. The smallest absolute Gasteiger partial charge is 0.273 e. The maximum Gasteiger partial charge on any atom is 0.273 e. The first-order chi connectivity index (χ1) is 8.99. The molecule has 100 valence electrons. The van der Waals surface area contributed by atoms with Crippen molar-refractivity contribution in [3.8, 4) is 5.82 Å². The van der Waals surface area contributed by atoms with Crippen LogP contribution < -0.4 is 5.73 Å². The monoisotopic (exact) mass is 259 g/mol. The molecule has 0 radical (unpaired) electrons. The van der Waals surface area contributed by atoms with Crippen LogP contribution in [0, 0.1) is 0 Å². The lowest BCUT2D eigenvalue weighted by Crippen LogP contribution is -2.22. The van der Waals surface area contributed by atoms with E-state index in [0.717, 1.165) is 5.56 Å². The van der Waals surface area contributed by atoms with Gasteiger partial charge in [-0.15, -0.1) is 0 Å². The summed E-state index contributed by atoms with van der Waals surface area (Å²) >= 11 is 0. The van der Waals surface area contributed by atoms with Gasteiger partial charge in [0.25, 0.3) is 5.91 Å². The van der Waals surface area contributed by atoms with Gasteiger partial charge in [0.15, 0.2) is 11.5 Å². The molecule has 2 rings (SSSR count). The van der Waals surface area contributed by atoms with E-state index >= 15 is 0 Å². The molecule has 0 saturated carbocycles. The summed E-state index contributed by atoms with van der Waals surface area (Å²) in [6.07, 6.45) is 3.43. The Hall–Kier alpha value is -2.21. The predicted molar refractivity (Wildman–Crippen MR) is 72.0 cm³/mol. The number of carbonyl (C=O) groups is 1. The predicted octanol–water partition coefficient (Wildman–Crippen LogP) is 0.989. The minimum atomic E-state index is -0.133. The highest BCUT2D eigenvalue weighted by atomic mass is 16.2. The highest BCUT2D eigenvalue weighted by molar-refractivity contribution is 5.91. The molecule has 0 aromatic carbocycles. The summed E-state index contributed by atoms with van der Waals surface area (Å²) < 4.78 is 1.57. The van der Waals surface area contributed by atoms with E-state index in [0.29, 0.717) is 11.5 Å². The summed E-state index contributed by atoms with van der Waals surface area (Å²) in [4.78, 5) is 17.5. The van der Waals surface area contributed by atoms with Gasteiger partial charge in [0.2, 0.25) is 0 Å². The van der Waals surface area contributed by atoms with Crippen LogP contribution in [0.15, 0.2) is 30.6 Å². The van der Waals surface area contributed by atoms with E-state index in [4.69, 9.17) is 5.73 Å². The molecule has 6 heteroatoms. The Labute approximate surface area is 111 Å². The average molecular weight is 259 g/mol. The molecule has 1 unspecified atom stereocenters. The van der Waals surface area contributed by atoms with E-state index in [1.165, 1.54) is 4.90 Å². The maximum atomic E-state index is 11.7. The first-order valence-corrected chi connectivity index (χ1v) is 5.98. The zero-order valence-corrected chi connectivity index (χ0v) is 11.2. The first kappa shape index (κ1) is 13.2. The Morgan fingerprint density at radius 2 is 2.11 bits per heavy atom. The first-order valence-electron chi connectivity index (χ1n) is 5.98.